The fourth-order valence-corrected chi connectivity index (χ4v) is 2.34. The number of nitrogens with one attached hydrogen (secondary N) is 1. The van der Waals surface area contributed by atoms with Crippen LogP contribution in [-0.4, -0.2) is 11.6 Å². The average Bonchev–Trinajstić information content (AvgIpc) is 2.51. The van der Waals surface area contributed by atoms with E-state index in [1.54, 1.807) is 0 Å². The van der Waals surface area contributed by atoms with E-state index in [0.717, 1.165) is 6.54 Å². The molecule has 2 heteroatoms. The minimum Gasteiger partial charge on any atom is -0.350 e. The van der Waals surface area contributed by atoms with Crippen LogP contribution in [0.15, 0.2) is 18.3 Å². The van der Waals surface area contributed by atoms with Gasteiger partial charge in [-0.2, -0.15) is 0 Å². The highest BCUT2D eigenvalue weighted by molar-refractivity contribution is 5.89. The largest absolute Gasteiger partial charge is 0.350 e. The van der Waals surface area contributed by atoms with Crippen LogP contribution in [0.25, 0.3) is 10.9 Å². The Hall–Kier alpha value is -1.28. The molecule has 1 N–H and O–H groups in total. The topological polar surface area (TPSA) is 17.0 Å². The summed E-state index contributed by atoms with van der Waals surface area (Å²) in [5.41, 5.74) is 5.46. The van der Waals surface area contributed by atoms with E-state index >= 15 is 0 Å². The van der Waals surface area contributed by atoms with Gasteiger partial charge in [-0.3, -0.25) is 0 Å². The van der Waals surface area contributed by atoms with Crippen molar-refractivity contribution in [1.29, 1.82) is 0 Å². The van der Waals surface area contributed by atoms with Crippen LogP contribution in [0.1, 0.15) is 16.7 Å². The van der Waals surface area contributed by atoms with Gasteiger partial charge in [-0.1, -0.05) is 12.1 Å². The summed E-state index contributed by atoms with van der Waals surface area (Å²) >= 11 is 0. The normalized spacial score (nSPS) is 11.2. The van der Waals surface area contributed by atoms with Gasteiger partial charge in [-0.15, -0.1) is 0 Å². The van der Waals surface area contributed by atoms with Gasteiger partial charge in [0.1, 0.15) is 0 Å². The zero-order valence-electron chi connectivity index (χ0n) is 9.89. The van der Waals surface area contributed by atoms with Crippen LogP contribution in [0.3, 0.4) is 0 Å². The van der Waals surface area contributed by atoms with Gasteiger partial charge in [-0.05, 0) is 37.6 Å². The van der Waals surface area contributed by atoms with Crippen LogP contribution in [0, 0.1) is 13.8 Å². The first-order valence-electron chi connectivity index (χ1n) is 5.34. The zero-order chi connectivity index (χ0) is 11.0. The van der Waals surface area contributed by atoms with Crippen LogP contribution < -0.4 is 5.32 Å². The molecular weight excluding hydrogens is 184 g/mol. The second-order valence-corrected chi connectivity index (χ2v) is 4.22. The third-order valence-corrected chi connectivity index (χ3v) is 2.98. The summed E-state index contributed by atoms with van der Waals surface area (Å²) < 4.78 is 2.23. The number of nitrogens with zero attached hydrogens (tertiary/aromatic N) is 1. The van der Waals surface area contributed by atoms with Crippen molar-refractivity contribution < 1.29 is 0 Å². The summed E-state index contributed by atoms with van der Waals surface area (Å²) in [7, 11) is 4.11. The zero-order valence-corrected chi connectivity index (χ0v) is 9.89. The lowest BCUT2D eigenvalue weighted by Gasteiger charge is -2.04. The van der Waals surface area contributed by atoms with Crippen LogP contribution in [0.5, 0.6) is 0 Å². The third-order valence-electron chi connectivity index (χ3n) is 2.98. The van der Waals surface area contributed by atoms with E-state index in [2.05, 4.69) is 49.1 Å². The third kappa shape index (κ3) is 1.55. The van der Waals surface area contributed by atoms with E-state index in [1.807, 2.05) is 7.05 Å². The molecule has 0 saturated carbocycles. The quantitative estimate of drug-likeness (QED) is 0.791. The van der Waals surface area contributed by atoms with Crippen molar-refractivity contribution in [3.63, 3.8) is 0 Å². The second-order valence-electron chi connectivity index (χ2n) is 4.22. The summed E-state index contributed by atoms with van der Waals surface area (Å²) in [6, 6.07) is 4.40. The first-order valence-corrected chi connectivity index (χ1v) is 5.34. The molecule has 0 radical (unpaired) electrons. The molecule has 0 amide bonds. The lowest BCUT2D eigenvalue weighted by molar-refractivity contribution is 0.815. The van der Waals surface area contributed by atoms with Crippen molar-refractivity contribution in [1.82, 2.24) is 9.88 Å². The molecule has 1 aromatic carbocycles. The number of fused-ring (bicyclic) bond motifs is 1. The van der Waals surface area contributed by atoms with Crippen molar-refractivity contribution in [3.8, 4) is 0 Å². The van der Waals surface area contributed by atoms with Crippen LogP contribution in [0.4, 0.5) is 0 Å². The van der Waals surface area contributed by atoms with Crippen molar-refractivity contribution in [2.24, 2.45) is 7.05 Å². The number of hydrogen-bond acceptors (Lipinski definition) is 1. The Bertz CT molecular complexity index is 495. The fourth-order valence-electron chi connectivity index (χ4n) is 2.34. The molecule has 0 spiro atoms. The molecule has 80 valence electrons. The highest BCUT2D eigenvalue weighted by atomic mass is 14.9. The molecule has 15 heavy (non-hydrogen) atoms. The molecule has 2 rings (SSSR count). The Morgan fingerprint density at radius 2 is 1.87 bits per heavy atom. The molecule has 1 heterocycles. The van der Waals surface area contributed by atoms with E-state index in [4.69, 9.17) is 0 Å². The van der Waals surface area contributed by atoms with Crippen LogP contribution in [-0.2, 0) is 13.6 Å². The first-order chi connectivity index (χ1) is 7.15. The molecule has 0 aliphatic heterocycles. The maximum Gasteiger partial charge on any atom is 0.0513 e. The Labute approximate surface area is 90.9 Å². The van der Waals surface area contributed by atoms with Gasteiger partial charge < -0.3 is 9.88 Å². The van der Waals surface area contributed by atoms with Crippen molar-refractivity contribution >= 4 is 10.9 Å². The average molecular weight is 202 g/mol. The lowest BCUT2D eigenvalue weighted by Crippen LogP contribution is -2.04. The highest BCUT2D eigenvalue weighted by Gasteiger charge is 2.09. The smallest absolute Gasteiger partial charge is 0.0513 e. The lowest BCUT2D eigenvalue weighted by atomic mass is 10.0. The summed E-state index contributed by atoms with van der Waals surface area (Å²) in [5.74, 6) is 0. The van der Waals surface area contributed by atoms with Gasteiger partial charge in [0.05, 0.1) is 5.52 Å². The molecule has 0 aliphatic carbocycles. The van der Waals surface area contributed by atoms with Gasteiger partial charge >= 0.3 is 0 Å². The molecule has 0 atom stereocenters. The monoisotopic (exact) mass is 202 g/mol. The van der Waals surface area contributed by atoms with Gasteiger partial charge in [0, 0.05) is 25.2 Å². The number of aromatic nitrogens is 1. The van der Waals surface area contributed by atoms with Gasteiger partial charge in [-0.25, -0.2) is 0 Å². The summed E-state index contributed by atoms with van der Waals surface area (Å²) in [6.07, 6.45) is 2.22. The minimum atomic E-state index is 0.932. The van der Waals surface area contributed by atoms with Gasteiger partial charge in [0.25, 0.3) is 0 Å². The molecule has 2 nitrogen and oxygen atoms in total. The maximum atomic E-state index is 3.22. The molecule has 0 bridgehead atoms. The molecule has 0 fully saturated rings. The molecular formula is C13H18N2. The number of aryl methyl sites for hydroxylation is 3. The predicted octanol–water partition coefficient (Wildman–Crippen LogP) is 2.51. The van der Waals surface area contributed by atoms with E-state index in [0.29, 0.717) is 0 Å². The Morgan fingerprint density at radius 1 is 1.20 bits per heavy atom. The van der Waals surface area contributed by atoms with Crippen molar-refractivity contribution in [3.05, 3.63) is 35.0 Å². The molecule has 0 saturated heterocycles. The molecule has 0 unspecified atom stereocenters. The second kappa shape index (κ2) is 3.70. The van der Waals surface area contributed by atoms with Crippen LogP contribution >= 0.6 is 0 Å². The molecule has 0 aliphatic rings. The maximum absolute atomic E-state index is 3.22. The number of rotatable bonds is 2. The van der Waals surface area contributed by atoms with E-state index in [-0.39, 0.29) is 0 Å². The standard InChI is InChI=1S/C13H18N2/c1-9-5-6-10(2)13-12(9)11(7-14-3)8-15(13)4/h5-6,8,14H,7H2,1-4H3. The number of hydrogen-bond donors (Lipinski definition) is 1. The predicted molar refractivity (Wildman–Crippen MR) is 65.2 cm³/mol. The Balaban J connectivity index is 2.80. The summed E-state index contributed by atoms with van der Waals surface area (Å²) in [5, 5.41) is 4.63. The fraction of sp³-hybridized carbons (Fsp3) is 0.385. The van der Waals surface area contributed by atoms with E-state index in [1.165, 1.54) is 27.6 Å². The minimum absolute atomic E-state index is 0.932. The van der Waals surface area contributed by atoms with E-state index < -0.39 is 0 Å². The van der Waals surface area contributed by atoms with Crippen molar-refractivity contribution in [2.75, 3.05) is 7.05 Å². The molecule has 1 aromatic heterocycles. The Kier molecular flexibility index (Phi) is 2.53. The summed E-state index contributed by atoms with van der Waals surface area (Å²) in [6.45, 7) is 5.29. The van der Waals surface area contributed by atoms with E-state index in [9.17, 15) is 0 Å². The van der Waals surface area contributed by atoms with Gasteiger partial charge in [0.2, 0.25) is 0 Å². The van der Waals surface area contributed by atoms with Gasteiger partial charge in [0.15, 0.2) is 0 Å². The molecule has 2 aromatic rings. The van der Waals surface area contributed by atoms with Crippen molar-refractivity contribution in [2.45, 2.75) is 20.4 Å². The SMILES string of the molecule is CNCc1cn(C)c2c(C)ccc(C)c12. The summed E-state index contributed by atoms with van der Waals surface area (Å²) in [4.78, 5) is 0. The van der Waals surface area contributed by atoms with Crippen LogP contribution in [0.2, 0.25) is 0 Å². The highest BCUT2D eigenvalue weighted by Crippen LogP contribution is 2.26. The number of benzene rings is 1. The first kappa shape index (κ1) is 10.2. The Morgan fingerprint density at radius 3 is 2.53 bits per heavy atom.